The van der Waals surface area contributed by atoms with Gasteiger partial charge in [-0.2, -0.15) is 4.31 Å². The van der Waals surface area contributed by atoms with E-state index in [0.29, 0.717) is 5.56 Å². The predicted molar refractivity (Wildman–Crippen MR) is 75.9 cm³/mol. The summed E-state index contributed by atoms with van der Waals surface area (Å²) in [5, 5.41) is 11.4. The summed E-state index contributed by atoms with van der Waals surface area (Å²) in [7, 11) is -2.20. The van der Waals surface area contributed by atoms with E-state index in [-0.39, 0.29) is 30.5 Å². The Kier molecular flexibility index (Phi) is 5.87. The summed E-state index contributed by atoms with van der Waals surface area (Å²) >= 11 is 0. The van der Waals surface area contributed by atoms with Crippen LogP contribution in [-0.2, 0) is 10.0 Å². The van der Waals surface area contributed by atoms with Crippen molar-refractivity contribution in [3.63, 3.8) is 0 Å². The van der Waals surface area contributed by atoms with Gasteiger partial charge in [-0.3, -0.25) is 4.79 Å². The summed E-state index contributed by atoms with van der Waals surface area (Å²) in [5.74, 6) is -0.285. The van der Waals surface area contributed by atoms with E-state index in [0.717, 1.165) is 4.31 Å². The number of amides is 1. The van der Waals surface area contributed by atoms with E-state index in [1.165, 1.54) is 37.4 Å². The molecule has 1 aromatic rings. The number of aliphatic hydroxyl groups excluding tert-OH is 1. The molecule has 6 nitrogen and oxygen atoms in total. The van der Waals surface area contributed by atoms with Crippen molar-refractivity contribution < 1.29 is 18.3 Å². The average Bonchev–Trinajstić information content (AvgIpc) is 2.46. The van der Waals surface area contributed by atoms with Crippen LogP contribution in [0.4, 0.5) is 0 Å². The van der Waals surface area contributed by atoms with Crippen molar-refractivity contribution in [1.29, 1.82) is 0 Å². The van der Waals surface area contributed by atoms with Gasteiger partial charge in [-0.05, 0) is 24.3 Å². The Morgan fingerprint density at radius 3 is 2.45 bits per heavy atom. The molecule has 0 aliphatic rings. The van der Waals surface area contributed by atoms with Crippen LogP contribution >= 0.6 is 0 Å². The second-order valence-electron chi connectivity index (χ2n) is 3.98. The molecule has 0 atom stereocenters. The summed E-state index contributed by atoms with van der Waals surface area (Å²) in [5.41, 5.74) is 0.379. The fraction of sp³-hybridized carbons (Fsp3) is 0.308. The molecule has 0 bridgehead atoms. The molecule has 0 aromatic heterocycles. The highest BCUT2D eigenvalue weighted by Crippen LogP contribution is 2.16. The molecule has 0 unspecified atom stereocenters. The molecule has 0 radical (unpaired) electrons. The quantitative estimate of drug-likeness (QED) is 0.705. The van der Waals surface area contributed by atoms with E-state index >= 15 is 0 Å². The van der Waals surface area contributed by atoms with Gasteiger partial charge in [-0.15, -0.1) is 6.58 Å². The zero-order valence-corrected chi connectivity index (χ0v) is 12.1. The minimum atomic E-state index is -3.70. The first-order valence-corrected chi connectivity index (χ1v) is 7.45. The Balaban J connectivity index is 3.08. The molecule has 0 saturated heterocycles. The highest BCUT2D eigenvalue weighted by Gasteiger charge is 2.23. The SMILES string of the molecule is C=CCN(CCO)S(=O)(=O)c1ccc(C(=O)NC)cc1. The number of benzene rings is 1. The second kappa shape index (κ2) is 7.18. The topological polar surface area (TPSA) is 86.7 Å². The third-order valence-electron chi connectivity index (χ3n) is 2.66. The zero-order valence-electron chi connectivity index (χ0n) is 11.2. The number of nitrogens with zero attached hydrogens (tertiary/aromatic N) is 1. The van der Waals surface area contributed by atoms with E-state index in [2.05, 4.69) is 11.9 Å². The van der Waals surface area contributed by atoms with E-state index in [9.17, 15) is 13.2 Å². The Labute approximate surface area is 118 Å². The predicted octanol–water partition coefficient (Wildman–Crippen LogP) is 0.215. The summed E-state index contributed by atoms with van der Waals surface area (Å²) in [6.45, 7) is 3.33. The molecule has 0 aliphatic carbocycles. The lowest BCUT2D eigenvalue weighted by Gasteiger charge is -2.19. The zero-order chi connectivity index (χ0) is 15.2. The van der Waals surface area contributed by atoms with Crippen LogP contribution in [0.5, 0.6) is 0 Å². The molecular weight excluding hydrogens is 280 g/mol. The highest BCUT2D eigenvalue weighted by molar-refractivity contribution is 7.89. The molecule has 1 amide bonds. The van der Waals surface area contributed by atoms with Crippen molar-refractivity contribution in [3.8, 4) is 0 Å². The van der Waals surface area contributed by atoms with E-state index in [4.69, 9.17) is 5.11 Å². The molecule has 20 heavy (non-hydrogen) atoms. The fourth-order valence-corrected chi connectivity index (χ4v) is 3.04. The van der Waals surface area contributed by atoms with Crippen molar-refractivity contribution in [2.45, 2.75) is 4.90 Å². The van der Waals surface area contributed by atoms with Gasteiger partial charge in [0.05, 0.1) is 11.5 Å². The van der Waals surface area contributed by atoms with Crippen molar-refractivity contribution in [1.82, 2.24) is 9.62 Å². The van der Waals surface area contributed by atoms with Gasteiger partial charge in [-0.25, -0.2) is 8.42 Å². The van der Waals surface area contributed by atoms with Crippen LogP contribution in [0.15, 0.2) is 41.8 Å². The maximum Gasteiger partial charge on any atom is 0.251 e. The van der Waals surface area contributed by atoms with Crippen molar-refractivity contribution in [2.24, 2.45) is 0 Å². The summed E-state index contributed by atoms with van der Waals surface area (Å²) in [6, 6.07) is 5.62. The Hall–Kier alpha value is -1.70. The van der Waals surface area contributed by atoms with Gasteiger partial charge in [0, 0.05) is 25.7 Å². The molecule has 0 saturated carbocycles. The fourth-order valence-electron chi connectivity index (χ4n) is 1.64. The lowest BCUT2D eigenvalue weighted by atomic mass is 10.2. The standard InChI is InChI=1S/C13H18N2O4S/c1-3-8-15(9-10-16)20(18,19)12-6-4-11(5-7-12)13(17)14-2/h3-7,16H,1,8-10H2,2H3,(H,14,17). The molecule has 2 N–H and O–H groups in total. The molecule has 0 heterocycles. The van der Waals surface area contributed by atoms with Crippen LogP contribution in [0.3, 0.4) is 0 Å². The number of sulfonamides is 1. The third kappa shape index (κ3) is 3.66. The maximum atomic E-state index is 12.3. The molecule has 0 aliphatic heterocycles. The first-order chi connectivity index (χ1) is 9.47. The van der Waals surface area contributed by atoms with Gasteiger partial charge in [0.1, 0.15) is 0 Å². The first kappa shape index (κ1) is 16.4. The van der Waals surface area contributed by atoms with Crippen molar-refractivity contribution in [3.05, 3.63) is 42.5 Å². The van der Waals surface area contributed by atoms with Crippen molar-refractivity contribution >= 4 is 15.9 Å². The van der Waals surface area contributed by atoms with Crippen molar-refractivity contribution in [2.75, 3.05) is 26.7 Å². The van der Waals surface area contributed by atoms with E-state index in [1.807, 2.05) is 0 Å². The first-order valence-electron chi connectivity index (χ1n) is 6.01. The molecule has 1 aromatic carbocycles. The van der Waals surface area contributed by atoms with Gasteiger partial charge in [0.25, 0.3) is 5.91 Å². The number of nitrogens with one attached hydrogen (secondary N) is 1. The van der Waals surface area contributed by atoms with Crippen LogP contribution in [0.25, 0.3) is 0 Å². The molecule has 1 rings (SSSR count). The maximum absolute atomic E-state index is 12.3. The van der Waals surface area contributed by atoms with Crippen LogP contribution in [0, 0.1) is 0 Å². The Bertz CT molecular complexity index is 567. The minimum Gasteiger partial charge on any atom is -0.395 e. The minimum absolute atomic E-state index is 0.00838. The molecule has 7 heteroatoms. The summed E-state index contributed by atoms with van der Waals surface area (Å²) < 4.78 is 25.8. The summed E-state index contributed by atoms with van der Waals surface area (Å²) in [6.07, 6.45) is 1.45. The Morgan fingerprint density at radius 1 is 1.40 bits per heavy atom. The van der Waals surface area contributed by atoms with E-state index in [1.54, 1.807) is 0 Å². The molecule has 0 fully saturated rings. The normalized spacial score (nSPS) is 11.3. The van der Waals surface area contributed by atoms with E-state index < -0.39 is 10.0 Å². The third-order valence-corrected chi connectivity index (χ3v) is 4.54. The largest absolute Gasteiger partial charge is 0.395 e. The number of carbonyl (C=O) groups is 1. The molecule has 0 spiro atoms. The Morgan fingerprint density at radius 2 is 2.00 bits per heavy atom. The van der Waals surface area contributed by atoms with Crippen LogP contribution in [0.2, 0.25) is 0 Å². The van der Waals surface area contributed by atoms with Gasteiger partial charge in [0.2, 0.25) is 10.0 Å². The van der Waals surface area contributed by atoms with Gasteiger partial charge < -0.3 is 10.4 Å². The summed E-state index contributed by atoms with van der Waals surface area (Å²) in [4.78, 5) is 11.5. The second-order valence-corrected chi connectivity index (χ2v) is 5.92. The number of aliphatic hydroxyl groups is 1. The van der Waals surface area contributed by atoms with Crippen LogP contribution in [0.1, 0.15) is 10.4 Å². The smallest absolute Gasteiger partial charge is 0.251 e. The lowest BCUT2D eigenvalue weighted by Crippen LogP contribution is -2.33. The average molecular weight is 298 g/mol. The number of rotatable bonds is 7. The van der Waals surface area contributed by atoms with Gasteiger partial charge >= 0.3 is 0 Å². The lowest BCUT2D eigenvalue weighted by molar-refractivity contribution is 0.0963. The molecule has 110 valence electrons. The molecular formula is C13H18N2O4S. The van der Waals surface area contributed by atoms with Crippen LogP contribution < -0.4 is 5.32 Å². The number of carbonyl (C=O) groups excluding carboxylic acids is 1. The highest BCUT2D eigenvalue weighted by atomic mass is 32.2. The van der Waals surface area contributed by atoms with Gasteiger partial charge in [0.15, 0.2) is 0 Å². The number of hydrogen-bond acceptors (Lipinski definition) is 4. The van der Waals surface area contributed by atoms with Crippen LogP contribution in [-0.4, -0.2) is 50.5 Å². The number of hydrogen-bond donors (Lipinski definition) is 2. The van der Waals surface area contributed by atoms with Gasteiger partial charge in [-0.1, -0.05) is 6.08 Å². The monoisotopic (exact) mass is 298 g/mol.